The van der Waals surface area contributed by atoms with Crippen molar-refractivity contribution < 1.29 is 33.7 Å². The molecule has 3 N–H and O–H groups in total. The standard InChI is InChI=1S/C10H14BrFN2O6/c1-19-8-10(11,12)7(17)13-9(18)14(8)6-2-4(16)5(3-15)20-6/h4-6,8,15-16H,2-3H2,1H3,(H,13,17,18)/t4-,5-,6-,8-,10-/m0/s1. The maximum absolute atomic E-state index is 14.3. The number of hydrogen-bond acceptors (Lipinski definition) is 6. The number of carbonyl (C=O) groups excluding carboxylic acids is 2. The fourth-order valence-electron chi connectivity index (χ4n) is 2.23. The maximum atomic E-state index is 14.3. The second kappa shape index (κ2) is 5.53. The topological polar surface area (TPSA) is 108 Å². The SMILES string of the molecule is CO[C@@H]1N([C@@H]2C[C@H](O)[C@H](CO)O2)C(=O)NC(=O)[C@@]1(F)Br. The molecule has 2 aliphatic rings. The van der Waals surface area contributed by atoms with E-state index in [9.17, 15) is 19.1 Å². The van der Waals surface area contributed by atoms with Gasteiger partial charge in [-0.3, -0.25) is 15.0 Å². The Morgan fingerprint density at radius 1 is 1.65 bits per heavy atom. The molecule has 0 bridgehead atoms. The third-order valence-corrected chi connectivity index (χ3v) is 3.99. The maximum Gasteiger partial charge on any atom is 0.328 e. The molecule has 0 aromatic carbocycles. The van der Waals surface area contributed by atoms with E-state index < -0.39 is 47.8 Å². The van der Waals surface area contributed by atoms with Gasteiger partial charge in [0.15, 0.2) is 6.23 Å². The Morgan fingerprint density at radius 3 is 2.80 bits per heavy atom. The van der Waals surface area contributed by atoms with Crippen LogP contribution >= 0.6 is 15.9 Å². The number of nitrogens with zero attached hydrogens (tertiary/aromatic N) is 1. The number of ether oxygens (including phenoxy) is 2. The highest BCUT2D eigenvalue weighted by atomic mass is 79.9. The van der Waals surface area contributed by atoms with Crippen molar-refractivity contribution in [2.24, 2.45) is 0 Å². The number of methoxy groups -OCH3 is 1. The van der Waals surface area contributed by atoms with E-state index in [4.69, 9.17) is 14.6 Å². The minimum Gasteiger partial charge on any atom is -0.394 e. The predicted molar refractivity (Wildman–Crippen MR) is 65.3 cm³/mol. The summed E-state index contributed by atoms with van der Waals surface area (Å²) < 4.78 is 21.8. The molecule has 0 aromatic rings. The molecule has 0 radical (unpaired) electrons. The number of nitrogens with one attached hydrogen (secondary N) is 1. The molecular weight excluding hydrogens is 343 g/mol. The van der Waals surface area contributed by atoms with Gasteiger partial charge in [-0.05, 0) is 15.9 Å². The van der Waals surface area contributed by atoms with Crippen LogP contribution < -0.4 is 5.32 Å². The van der Waals surface area contributed by atoms with Crippen LogP contribution in [0.1, 0.15) is 6.42 Å². The fourth-order valence-corrected chi connectivity index (χ4v) is 2.74. The van der Waals surface area contributed by atoms with Gasteiger partial charge in [-0.1, -0.05) is 0 Å². The lowest BCUT2D eigenvalue weighted by molar-refractivity contribution is -0.169. The van der Waals surface area contributed by atoms with Crippen molar-refractivity contribution >= 4 is 27.9 Å². The first-order valence-electron chi connectivity index (χ1n) is 5.81. The Hall–Kier alpha value is -0.810. The molecule has 2 aliphatic heterocycles. The summed E-state index contributed by atoms with van der Waals surface area (Å²) in [5.41, 5.74) is 0. The van der Waals surface area contributed by atoms with Gasteiger partial charge in [0.2, 0.25) is 0 Å². The van der Waals surface area contributed by atoms with Crippen molar-refractivity contribution in [3.63, 3.8) is 0 Å². The van der Waals surface area contributed by atoms with E-state index in [-0.39, 0.29) is 6.42 Å². The zero-order chi connectivity index (χ0) is 15.1. The minimum atomic E-state index is -2.64. The summed E-state index contributed by atoms with van der Waals surface area (Å²) in [6.45, 7) is -0.446. The lowest BCUT2D eigenvalue weighted by atomic mass is 10.1. The molecule has 2 fully saturated rings. The van der Waals surface area contributed by atoms with Gasteiger partial charge in [0.05, 0.1) is 12.7 Å². The quantitative estimate of drug-likeness (QED) is 0.562. The van der Waals surface area contributed by atoms with Crippen LogP contribution in [-0.2, 0) is 14.3 Å². The molecular formula is C10H14BrFN2O6. The summed E-state index contributed by atoms with van der Waals surface area (Å²) in [7, 11) is 1.13. The van der Waals surface area contributed by atoms with Gasteiger partial charge in [0, 0.05) is 13.5 Å². The van der Waals surface area contributed by atoms with E-state index in [0.29, 0.717) is 0 Å². The summed E-state index contributed by atoms with van der Waals surface area (Å²) in [6, 6.07) is -0.898. The summed E-state index contributed by atoms with van der Waals surface area (Å²) in [5, 5.41) is 20.5. The molecule has 0 unspecified atom stereocenters. The summed E-state index contributed by atoms with van der Waals surface area (Å²) in [5.74, 6) is -1.18. The summed E-state index contributed by atoms with van der Waals surface area (Å²) >= 11 is 2.58. The van der Waals surface area contributed by atoms with E-state index in [1.807, 2.05) is 5.32 Å². The van der Waals surface area contributed by atoms with Crippen LogP contribution in [0.25, 0.3) is 0 Å². The van der Waals surface area contributed by atoms with Crippen LogP contribution in [-0.4, -0.2) is 70.0 Å². The fraction of sp³-hybridized carbons (Fsp3) is 0.800. The van der Waals surface area contributed by atoms with E-state index in [1.165, 1.54) is 0 Å². The highest BCUT2D eigenvalue weighted by molar-refractivity contribution is 9.10. The van der Waals surface area contributed by atoms with Crippen LogP contribution in [0.2, 0.25) is 0 Å². The number of urea groups is 1. The molecule has 0 aliphatic carbocycles. The van der Waals surface area contributed by atoms with Gasteiger partial charge < -0.3 is 19.7 Å². The predicted octanol–water partition coefficient (Wildman–Crippen LogP) is -0.960. The van der Waals surface area contributed by atoms with Crippen molar-refractivity contribution in [1.29, 1.82) is 0 Å². The van der Waals surface area contributed by atoms with Crippen LogP contribution in [0.4, 0.5) is 9.18 Å². The number of carbonyl (C=O) groups is 2. The molecule has 20 heavy (non-hydrogen) atoms. The number of hydrogen-bond donors (Lipinski definition) is 3. The first kappa shape index (κ1) is 15.6. The molecule has 114 valence electrons. The second-order valence-corrected chi connectivity index (χ2v) is 5.65. The van der Waals surface area contributed by atoms with Crippen molar-refractivity contribution in [3.05, 3.63) is 0 Å². The van der Waals surface area contributed by atoms with Gasteiger partial charge in [0.25, 0.3) is 10.5 Å². The number of amides is 3. The van der Waals surface area contributed by atoms with Crippen molar-refractivity contribution in [2.45, 2.75) is 35.7 Å². The summed E-state index contributed by atoms with van der Waals surface area (Å²) in [4.78, 5) is 24.1. The Kier molecular flexibility index (Phi) is 4.30. The Bertz CT molecular complexity index is 423. The van der Waals surface area contributed by atoms with Crippen molar-refractivity contribution in [2.75, 3.05) is 13.7 Å². The molecule has 0 spiro atoms. The number of aliphatic hydroxyl groups excluding tert-OH is 2. The highest BCUT2D eigenvalue weighted by Gasteiger charge is 2.57. The first-order chi connectivity index (χ1) is 9.32. The third-order valence-electron chi connectivity index (χ3n) is 3.24. The van der Waals surface area contributed by atoms with Gasteiger partial charge in [0.1, 0.15) is 12.3 Å². The molecule has 2 rings (SSSR count). The monoisotopic (exact) mass is 356 g/mol. The second-order valence-electron chi connectivity index (χ2n) is 4.49. The number of aliphatic hydroxyl groups is 2. The van der Waals surface area contributed by atoms with Crippen LogP contribution in [0.5, 0.6) is 0 Å². The van der Waals surface area contributed by atoms with E-state index in [2.05, 4.69) is 15.9 Å². The van der Waals surface area contributed by atoms with E-state index in [1.54, 1.807) is 0 Å². The molecule has 3 amide bonds. The normalized spacial score (nSPS) is 42.0. The van der Waals surface area contributed by atoms with Gasteiger partial charge >= 0.3 is 6.03 Å². The molecule has 10 heteroatoms. The van der Waals surface area contributed by atoms with Crippen LogP contribution in [0.15, 0.2) is 0 Å². The van der Waals surface area contributed by atoms with Gasteiger partial charge in [-0.25, -0.2) is 9.18 Å². The van der Waals surface area contributed by atoms with E-state index >= 15 is 0 Å². The van der Waals surface area contributed by atoms with Crippen molar-refractivity contribution in [3.8, 4) is 0 Å². The number of alkyl halides is 2. The average Bonchev–Trinajstić information content (AvgIpc) is 2.74. The number of rotatable bonds is 3. The molecule has 0 aromatic heterocycles. The molecule has 2 saturated heterocycles. The van der Waals surface area contributed by atoms with Crippen LogP contribution in [0, 0.1) is 0 Å². The molecule has 8 nitrogen and oxygen atoms in total. The van der Waals surface area contributed by atoms with Crippen molar-refractivity contribution in [1.82, 2.24) is 10.2 Å². The smallest absolute Gasteiger partial charge is 0.328 e. The highest BCUT2D eigenvalue weighted by Crippen LogP contribution is 2.36. The number of halogens is 2. The zero-order valence-electron chi connectivity index (χ0n) is 10.5. The molecule has 0 saturated carbocycles. The molecule has 2 heterocycles. The zero-order valence-corrected chi connectivity index (χ0v) is 12.0. The third kappa shape index (κ3) is 2.42. The Labute approximate surface area is 121 Å². The average molecular weight is 357 g/mol. The Morgan fingerprint density at radius 2 is 2.30 bits per heavy atom. The van der Waals surface area contributed by atoms with Crippen LogP contribution in [0.3, 0.4) is 0 Å². The van der Waals surface area contributed by atoms with Gasteiger partial charge in [-0.15, -0.1) is 0 Å². The largest absolute Gasteiger partial charge is 0.394 e. The van der Waals surface area contributed by atoms with Gasteiger partial charge in [-0.2, -0.15) is 0 Å². The number of imide groups is 1. The summed E-state index contributed by atoms with van der Waals surface area (Å²) in [6.07, 6.45) is -4.49. The molecule has 5 atom stereocenters. The first-order valence-corrected chi connectivity index (χ1v) is 6.61. The minimum absolute atomic E-state index is 0.0320. The van der Waals surface area contributed by atoms with E-state index in [0.717, 1.165) is 12.0 Å². The lowest BCUT2D eigenvalue weighted by Gasteiger charge is -2.42. The lowest BCUT2D eigenvalue weighted by Crippen LogP contribution is -2.68. The Balaban J connectivity index is 2.25.